The summed E-state index contributed by atoms with van der Waals surface area (Å²) in [5, 5.41) is 25.6. The van der Waals surface area contributed by atoms with Gasteiger partial charge in [0.05, 0.1) is 31.7 Å². The van der Waals surface area contributed by atoms with E-state index in [1.807, 2.05) is 34.6 Å². The van der Waals surface area contributed by atoms with E-state index in [1.54, 1.807) is 38.2 Å². The third-order valence-corrected chi connectivity index (χ3v) is 11.9. The van der Waals surface area contributed by atoms with E-state index in [0.29, 0.717) is 37.0 Å². The largest absolute Gasteiger partial charge is 0.497 e. The lowest BCUT2D eigenvalue weighted by Gasteiger charge is -2.35. The molecule has 348 valence electrons. The van der Waals surface area contributed by atoms with Gasteiger partial charge >= 0.3 is 5.97 Å². The number of aliphatic hydroxyl groups is 1. The smallest absolute Gasteiger partial charge is 0.329 e. The first kappa shape index (κ1) is 51.6. The number of carbonyl (C=O) groups excluding carboxylic acids is 7. The predicted molar refractivity (Wildman–Crippen MR) is 233 cm³/mol. The number of hydrogen-bond donors (Lipinski definition) is 6. The van der Waals surface area contributed by atoms with E-state index in [9.17, 15) is 38.7 Å². The molecule has 17 nitrogen and oxygen atoms in total. The Kier molecular flexibility index (Phi) is 19.2. The van der Waals surface area contributed by atoms with Crippen LogP contribution in [0.2, 0.25) is 0 Å². The Morgan fingerprint density at radius 3 is 2.21 bits per heavy atom. The summed E-state index contributed by atoms with van der Waals surface area (Å²) in [7, 11) is 4.61. The molecule has 17 heteroatoms. The van der Waals surface area contributed by atoms with Crippen molar-refractivity contribution in [1.82, 2.24) is 36.4 Å². The van der Waals surface area contributed by atoms with E-state index in [-0.39, 0.29) is 37.1 Å². The quantitative estimate of drug-likeness (QED) is 0.166. The molecule has 6 amide bonds. The van der Waals surface area contributed by atoms with Crippen LogP contribution in [0.3, 0.4) is 0 Å². The summed E-state index contributed by atoms with van der Waals surface area (Å²) in [6, 6.07) is 0.464. The second-order valence-corrected chi connectivity index (χ2v) is 18.3. The Morgan fingerprint density at radius 2 is 1.65 bits per heavy atom. The number of carbonyl (C=O) groups is 7. The maximum atomic E-state index is 14.6. The highest BCUT2D eigenvalue weighted by molar-refractivity contribution is 5.97. The second kappa shape index (κ2) is 23.1. The highest BCUT2D eigenvalue weighted by atomic mass is 16.5. The molecule has 0 aromatic heterocycles. The minimum absolute atomic E-state index is 0.0116. The van der Waals surface area contributed by atoms with Crippen molar-refractivity contribution in [2.24, 2.45) is 17.8 Å². The van der Waals surface area contributed by atoms with Crippen LogP contribution in [-0.4, -0.2) is 138 Å². The van der Waals surface area contributed by atoms with Crippen molar-refractivity contribution in [3.8, 4) is 5.75 Å². The summed E-state index contributed by atoms with van der Waals surface area (Å²) in [5.74, 6) is -4.25. The standard InChI is InChI=1S/C45H73N7O10/c1-13-27(6)37-35(53)24-36(54)50-45(8,9)44(60)47-32(22-26(4)5)41(57)52-20-14-15-33(52)42(58)51(11)34(23-29-16-18-30(61-12)19-17-29)43(59)62-28(7)38(40(56)48-37)49-39(55)31(46-10)21-25(2)3/h16-19,25-28,31-35,37-38,46,53H,13-15,20-24H2,1-12H3,(H,47,60)(H,48,56)(H,49,55)(H,50,54)/t27-,28+,31+,32-,33-,34-,35-,37+,38-/m0/s1. The lowest BCUT2D eigenvalue weighted by molar-refractivity contribution is -0.162. The van der Waals surface area contributed by atoms with Crippen molar-refractivity contribution >= 4 is 41.4 Å². The maximum Gasteiger partial charge on any atom is 0.329 e. The van der Waals surface area contributed by atoms with Gasteiger partial charge in [-0.25, -0.2) is 4.79 Å². The van der Waals surface area contributed by atoms with Gasteiger partial charge < -0.3 is 51.0 Å². The Labute approximate surface area is 367 Å². The van der Waals surface area contributed by atoms with Crippen LogP contribution >= 0.6 is 0 Å². The van der Waals surface area contributed by atoms with E-state index in [2.05, 4.69) is 26.6 Å². The summed E-state index contributed by atoms with van der Waals surface area (Å²) >= 11 is 0. The zero-order valence-electron chi connectivity index (χ0n) is 38.8. The molecule has 2 fully saturated rings. The Morgan fingerprint density at radius 1 is 1.00 bits per heavy atom. The maximum absolute atomic E-state index is 14.6. The normalized spacial score (nSPS) is 27.0. The fourth-order valence-electron chi connectivity index (χ4n) is 7.98. The number of cyclic esters (lactones) is 1. The summed E-state index contributed by atoms with van der Waals surface area (Å²) in [5.41, 5.74) is -0.883. The van der Waals surface area contributed by atoms with Crippen LogP contribution in [0.1, 0.15) is 106 Å². The van der Waals surface area contributed by atoms with Crippen molar-refractivity contribution in [3.63, 3.8) is 0 Å². The SMILES string of the molecule is CC[C@H](C)[C@H]1NC(=O)[C@@H](NC(=O)[C@@H](CC(C)C)NC)[C@@H](C)OC(=O)[C@H](Cc2ccc(OC)cc2)N(C)C(=O)[C@@H]2CCCN2C(=O)[C@H](CC(C)C)NC(=O)C(C)(C)NC(=O)C[C@@H]1O. The number of rotatable bonds is 12. The van der Waals surface area contributed by atoms with Crippen LogP contribution < -0.4 is 31.3 Å². The average Bonchev–Trinajstić information content (AvgIpc) is 3.70. The first-order valence-electron chi connectivity index (χ1n) is 22.0. The van der Waals surface area contributed by atoms with Crippen LogP contribution in [0, 0.1) is 17.8 Å². The predicted octanol–water partition coefficient (Wildman–Crippen LogP) is 1.83. The minimum atomic E-state index is -1.54. The Hall–Kier alpha value is -4.77. The number of nitrogens with zero attached hydrogens (tertiary/aromatic N) is 2. The number of esters is 1. The van der Waals surface area contributed by atoms with Gasteiger partial charge in [0.2, 0.25) is 35.4 Å². The number of nitrogens with one attached hydrogen (secondary N) is 5. The fourth-order valence-corrected chi connectivity index (χ4v) is 7.98. The number of benzene rings is 1. The number of ether oxygens (including phenoxy) is 2. The van der Waals surface area contributed by atoms with Crippen molar-refractivity contribution in [3.05, 3.63) is 29.8 Å². The summed E-state index contributed by atoms with van der Waals surface area (Å²) in [4.78, 5) is 102. The van der Waals surface area contributed by atoms with Crippen LogP contribution in [0.15, 0.2) is 24.3 Å². The lowest BCUT2D eigenvalue weighted by Crippen LogP contribution is -2.61. The van der Waals surface area contributed by atoms with E-state index in [4.69, 9.17) is 9.47 Å². The van der Waals surface area contributed by atoms with Crippen LogP contribution in [-0.2, 0) is 44.7 Å². The molecule has 3 rings (SSSR count). The molecule has 2 aliphatic heterocycles. The highest BCUT2D eigenvalue weighted by Crippen LogP contribution is 2.25. The Bertz CT molecular complexity index is 1720. The van der Waals surface area contributed by atoms with Gasteiger partial charge in [-0.15, -0.1) is 0 Å². The topological polar surface area (TPSA) is 225 Å². The molecule has 0 bridgehead atoms. The van der Waals surface area contributed by atoms with Crippen molar-refractivity contribution < 1.29 is 48.1 Å². The van der Waals surface area contributed by atoms with Crippen LogP contribution in [0.5, 0.6) is 5.75 Å². The average molecular weight is 872 g/mol. The molecule has 1 aromatic rings. The van der Waals surface area contributed by atoms with Gasteiger partial charge in [0.1, 0.15) is 41.6 Å². The molecule has 0 unspecified atom stereocenters. The first-order chi connectivity index (χ1) is 29.0. The molecular formula is C45H73N7O10. The first-order valence-corrected chi connectivity index (χ1v) is 22.0. The van der Waals surface area contributed by atoms with Gasteiger partial charge in [0.25, 0.3) is 0 Å². The third-order valence-electron chi connectivity index (χ3n) is 11.9. The summed E-state index contributed by atoms with van der Waals surface area (Å²) < 4.78 is 11.4. The van der Waals surface area contributed by atoms with E-state index in [0.717, 1.165) is 0 Å². The molecule has 2 aliphatic rings. The zero-order chi connectivity index (χ0) is 46.6. The molecule has 2 saturated heterocycles. The fraction of sp³-hybridized carbons (Fsp3) is 0.711. The van der Waals surface area contributed by atoms with Crippen molar-refractivity contribution in [2.45, 2.75) is 161 Å². The zero-order valence-corrected chi connectivity index (χ0v) is 38.8. The monoisotopic (exact) mass is 872 g/mol. The number of methoxy groups -OCH3 is 1. The number of likely N-dealkylation sites (N-methyl/N-ethyl adjacent to an activating group) is 2. The van der Waals surface area contributed by atoms with Gasteiger partial charge in [-0.05, 0) is 89.0 Å². The molecule has 62 heavy (non-hydrogen) atoms. The summed E-state index contributed by atoms with van der Waals surface area (Å²) in [6.07, 6.45) is -1.33. The van der Waals surface area contributed by atoms with E-state index < -0.39 is 102 Å². The van der Waals surface area contributed by atoms with Crippen LogP contribution in [0.25, 0.3) is 0 Å². The van der Waals surface area contributed by atoms with Gasteiger partial charge in [0.15, 0.2) is 0 Å². The summed E-state index contributed by atoms with van der Waals surface area (Å²) in [6.45, 7) is 16.0. The Balaban J connectivity index is 2.20. The van der Waals surface area contributed by atoms with E-state index >= 15 is 0 Å². The molecular weight excluding hydrogens is 799 g/mol. The number of aliphatic hydroxyl groups excluding tert-OH is 1. The number of fused-ring (bicyclic) bond motifs is 1. The van der Waals surface area contributed by atoms with Gasteiger partial charge in [0, 0.05) is 20.0 Å². The van der Waals surface area contributed by atoms with Gasteiger partial charge in [-0.2, -0.15) is 0 Å². The molecule has 0 saturated carbocycles. The molecule has 9 atom stereocenters. The van der Waals surface area contributed by atoms with Gasteiger partial charge in [-0.1, -0.05) is 60.1 Å². The van der Waals surface area contributed by atoms with Crippen LogP contribution in [0.4, 0.5) is 0 Å². The minimum Gasteiger partial charge on any atom is -0.497 e. The third kappa shape index (κ3) is 13.9. The molecule has 6 N–H and O–H groups in total. The second-order valence-electron chi connectivity index (χ2n) is 18.3. The number of amides is 6. The van der Waals surface area contributed by atoms with Gasteiger partial charge in [-0.3, -0.25) is 28.8 Å². The molecule has 1 aromatic carbocycles. The molecule has 0 aliphatic carbocycles. The molecule has 0 spiro atoms. The lowest BCUT2D eigenvalue weighted by atomic mass is 9.91. The van der Waals surface area contributed by atoms with Crippen molar-refractivity contribution in [1.29, 1.82) is 0 Å². The molecule has 0 radical (unpaired) electrons. The van der Waals surface area contributed by atoms with Crippen molar-refractivity contribution in [2.75, 3.05) is 27.7 Å². The molecule has 2 heterocycles. The number of hydrogen-bond acceptors (Lipinski definition) is 11. The van der Waals surface area contributed by atoms with E-state index in [1.165, 1.54) is 44.7 Å². The highest BCUT2D eigenvalue weighted by Gasteiger charge is 2.44.